The summed E-state index contributed by atoms with van der Waals surface area (Å²) in [6, 6.07) is 3.32. The van der Waals surface area contributed by atoms with Crippen LogP contribution in [0.1, 0.15) is 0 Å². The van der Waals surface area contributed by atoms with Gasteiger partial charge in [0.05, 0.1) is 5.56 Å². The molecule has 0 bridgehead atoms. The van der Waals surface area contributed by atoms with Crippen LogP contribution in [0.4, 0.5) is 8.78 Å². The van der Waals surface area contributed by atoms with Gasteiger partial charge in [0.25, 0.3) is 0 Å². The van der Waals surface area contributed by atoms with Crippen molar-refractivity contribution in [2.75, 3.05) is 0 Å². The molecule has 0 aliphatic rings. The fourth-order valence-corrected chi connectivity index (χ4v) is 1.29. The Morgan fingerprint density at radius 2 is 2.07 bits per heavy atom. The summed E-state index contributed by atoms with van der Waals surface area (Å²) in [5, 5.41) is 0. The van der Waals surface area contributed by atoms with Gasteiger partial charge in [0.2, 0.25) is 0 Å². The van der Waals surface area contributed by atoms with E-state index in [0.717, 1.165) is 18.2 Å². The van der Waals surface area contributed by atoms with Gasteiger partial charge in [0.15, 0.2) is 0 Å². The molecule has 2 nitrogen and oxygen atoms in total. The molecule has 0 saturated carbocycles. The number of imidazole rings is 1. The van der Waals surface area contributed by atoms with Crippen molar-refractivity contribution in [3.05, 3.63) is 42.2 Å². The molecule has 1 aromatic carbocycles. The molecule has 0 N–H and O–H groups in total. The van der Waals surface area contributed by atoms with E-state index in [-0.39, 0.29) is 5.56 Å². The third-order valence-electron chi connectivity index (χ3n) is 1.99. The number of rotatable bonds is 1. The SMILES string of the molecule is Cn1ccnc1-c1cc(F)ccc1F. The minimum atomic E-state index is -0.472. The average Bonchev–Trinajstić information content (AvgIpc) is 2.56. The van der Waals surface area contributed by atoms with Crippen molar-refractivity contribution < 1.29 is 8.78 Å². The summed E-state index contributed by atoms with van der Waals surface area (Å²) in [5.74, 6) is -0.521. The van der Waals surface area contributed by atoms with E-state index in [2.05, 4.69) is 4.98 Å². The van der Waals surface area contributed by atoms with E-state index < -0.39 is 11.6 Å². The van der Waals surface area contributed by atoms with E-state index in [1.54, 1.807) is 24.0 Å². The van der Waals surface area contributed by atoms with Gasteiger partial charge in [-0.05, 0) is 18.2 Å². The first-order valence-electron chi connectivity index (χ1n) is 4.11. The second kappa shape index (κ2) is 3.21. The molecular weight excluding hydrogens is 186 g/mol. The first kappa shape index (κ1) is 8.87. The molecule has 2 rings (SSSR count). The molecule has 4 heteroatoms. The van der Waals surface area contributed by atoms with Gasteiger partial charge in [-0.2, -0.15) is 0 Å². The monoisotopic (exact) mass is 194 g/mol. The highest BCUT2D eigenvalue weighted by Crippen LogP contribution is 2.21. The molecular formula is C10H8F2N2. The highest BCUT2D eigenvalue weighted by Gasteiger charge is 2.09. The number of nitrogens with zero attached hydrogens (tertiary/aromatic N) is 2. The van der Waals surface area contributed by atoms with Crippen LogP contribution in [0.25, 0.3) is 11.4 Å². The lowest BCUT2D eigenvalue weighted by Crippen LogP contribution is -1.94. The number of benzene rings is 1. The average molecular weight is 194 g/mol. The van der Waals surface area contributed by atoms with Crippen LogP contribution in [0.3, 0.4) is 0 Å². The lowest BCUT2D eigenvalue weighted by atomic mass is 10.2. The molecule has 0 saturated heterocycles. The zero-order valence-electron chi connectivity index (χ0n) is 7.54. The van der Waals surface area contributed by atoms with E-state index in [4.69, 9.17) is 0 Å². The van der Waals surface area contributed by atoms with Crippen molar-refractivity contribution in [1.82, 2.24) is 9.55 Å². The summed E-state index contributed by atoms with van der Waals surface area (Å²) in [6.07, 6.45) is 3.22. The minimum Gasteiger partial charge on any atom is -0.334 e. The topological polar surface area (TPSA) is 17.8 Å². The fourth-order valence-electron chi connectivity index (χ4n) is 1.29. The molecule has 0 atom stereocenters. The first-order chi connectivity index (χ1) is 6.68. The normalized spacial score (nSPS) is 10.5. The summed E-state index contributed by atoms with van der Waals surface area (Å²) >= 11 is 0. The Labute approximate surface area is 79.8 Å². The van der Waals surface area contributed by atoms with Crippen LogP contribution in [0, 0.1) is 11.6 Å². The van der Waals surface area contributed by atoms with Crippen LogP contribution < -0.4 is 0 Å². The molecule has 0 spiro atoms. The second-order valence-corrected chi connectivity index (χ2v) is 2.99. The predicted octanol–water partition coefficient (Wildman–Crippen LogP) is 2.37. The van der Waals surface area contributed by atoms with Crippen molar-refractivity contribution >= 4 is 0 Å². The van der Waals surface area contributed by atoms with Crippen LogP contribution in [0.5, 0.6) is 0 Å². The van der Waals surface area contributed by atoms with Crippen LogP contribution >= 0.6 is 0 Å². The third-order valence-corrected chi connectivity index (χ3v) is 1.99. The van der Waals surface area contributed by atoms with Crippen LogP contribution in [-0.4, -0.2) is 9.55 Å². The van der Waals surface area contributed by atoms with Gasteiger partial charge in [-0.15, -0.1) is 0 Å². The fraction of sp³-hybridized carbons (Fsp3) is 0.100. The van der Waals surface area contributed by atoms with Crippen molar-refractivity contribution in [3.63, 3.8) is 0 Å². The van der Waals surface area contributed by atoms with Crippen molar-refractivity contribution in [2.24, 2.45) is 7.05 Å². The van der Waals surface area contributed by atoms with Gasteiger partial charge >= 0.3 is 0 Å². The van der Waals surface area contributed by atoms with E-state index >= 15 is 0 Å². The Kier molecular flexibility index (Phi) is 2.04. The molecule has 0 radical (unpaired) electrons. The summed E-state index contributed by atoms with van der Waals surface area (Å²) in [4.78, 5) is 3.94. The van der Waals surface area contributed by atoms with Crippen molar-refractivity contribution in [1.29, 1.82) is 0 Å². The lowest BCUT2D eigenvalue weighted by molar-refractivity contribution is 0.601. The zero-order valence-corrected chi connectivity index (χ0v) is 7.54. The molecule has 14 heavy (non-hydrogen) atoms. The number of aromatic nitrogens is 2. The van der Waals surface area contributed by atoms with E-state index in [1.165, 1.54) is 0 Å². The molecule has 2 aromatic rings. The maximum Gasteiger partial charge on any atom is 0.142 e. The summed E-state index contributed by atoms with van der Waals surface area (Å²) < 4.78 is 27.8. The largest absolute Gasteiger partial charge is 0.334 e. The highest BCUT2D eigenvalue weighted by atomic mass is 19.1. The zero-order chi connectivity index (χ0) is 10.1. The highest BCUT2D eigenvalue weighted by molar-refractivity contribution is 5.56. The van der Waals surface area contributed by atoms with Crippen LogP contribution in [0.15, 0.2) is 30.6 Å². The summed E-state index contributed by atoms with van der Waals surface area (Å²) in [7, 11) is 1.73. The standard InChI is InChI=1S/C10H8F2N2/c1-14-5-4-13-10(14)8-6-7(11)2-3-9(8)12/h2-6H,1H3. The van der Waals surface area contributed by atoms with E-state index in [9.17, 15) is 8.78 Å². The quantitative estimate of drug-likeness (QED) is 0.681. The Hall–Kier alpha value is -1.71. The Morgan fingerprint density at radius 1 is 1.29 bits per heavy atom. The molecule has 0 unspecified atom stereocenters. The number of hydrogen-bond donors (Lipinski definition) is 0. The first-order valence-corrected chi connectivity index (χ1v) is 4.11. The van der Waals surface area contributed by atoms with Crippen LogP contribution in [-0.2, 0) is 7.05 Å². The predicted molar refractivity (Wildman–Crippen MR) is 48.6 cm³/mol. The molecule has 0 amide bonds. The van der Waals surface area contributed by atoms with Crippen molar-refractivity contribution in [3.8, 4) is 11.4 Å². The maximum atomic E-state index is 13.3. The maximum absolute atomic E-state index is 13.3. The van der Waals surface area contributed by atoms with Gasteiger partial charge in [-0.1, -0.05) is 0 Å². The lowest BCUT2D eigenvalue weighted by Gasteiger charge is -2.02. The molecule has 0 fully saturated rings. The van der Waals surface area contributed by atoms with Gasteiger partial charge in [-0.25, -0.2) is 13.8 Å². The summed E-state index contributed by atoms with van der Waals surface area (Å²) in [6.45, 7) is 0. The molecule has 1 aromatic heterocycles. The molecule has 1 heterocycles. The smallest absolute Gasteiger partial charge is 0.142 e. The van der Waals surface area contributed by atoms with Gasteiger partial charge in [-0.3, -0.25) is 0 Å². The molecule has 72 valence electrons. The minimum absolute atomic E-state index is 0.178. The Morgan fingerprint density at radius 3 is 2.71 bits per heavy atom. The number of halogens is 2. The molecule has 0 aliphatic heterocycles. The van der Waals surface area contributed by atoms with Gasteiger partial charge < -0.3 is 4.57 Å². The van der Waals surface area contributed by atoms with Gasteiger partial charge in [0, 0.05) is 19.4 Å². The third kappa shape index (κ3) is 1.39. The van der Waals surface area contributed by atoms with E-state index in [1.807, 2.05) is 0 Å². The Bertz CT molecular complexity index is 463. The summed E-state index contributed by atoms with van der Waals surface area (Å²) in [5.41, 5.74) is 0.178. The second-order valence-electron chi connectivity index (χ2n) is 2.99. The van der Waals surface area contributed by atoms with Gasteiger partial charge in [0.1, 0.15) is 17.5 Å². The number of hydrogen-bond acceptors (Lipinski definition) is 1. The molecule has 0 aliphatic carbocycles. The van der Waals surface area contributed by atoms with Crippen LogP contribution in [0.2, 0.25) is 0 Å². The number of aryl methyl sites for hydroxylation is 1. The van der Waals surface area contributed by atoms with Crippen molar-refractivity contribution in [2.45, 2.75) is 0 Å². The Balaban J connectivity index is 2.62. The van der Waals surface area contributed by atoms with E-state index in [0.29, 0.717) is 5.82 Å².